The molecule has 0 aromatic heterocycles. The molecule has 0 fully saturated rings. The first-order chi connectivity index (χ1) is 18.1. The fourth-order valence-electron chi connectivity index (χ4n) is 3.54. The minimum Gasteiger partial charge on any atom is -0.457 e. The minimum atomic E-state index is -1.49. The number of rotatable bonds is 6. The molecule has 0 radical (unpaired) electrons. The van der Waals surface area contributed by atoms with Crippen molar-refractivity contribution >= 4 is 63.2 Å². The third-order valence-electron chi connectivity index (χ3n) is 5.50. The Morgan fingerprint density at radius 1 is 0.868 bits per heavy atom. The average Bonchev–Trinajstić information content (AvgIpc) is 2.88. The Morgan fingerprint density at radius 2 is 1.53 bits per heavy atom. The summed E-state index contributed by atoms with van der Waals surface area (Å²) in [5, 5.41) is 5.98. The van der Waals surface area contributed by atoms with Gasteiger partial charge in [-0.3, -0.25) is 10.1 Å². The molecule has 2 N–H and O–H groups in total. The molecular formula is C28H21Cl3N2O4S. The second-order valence-corrected chi connectivity index (χ2v) is 10.8. The van der Waals surface area contributed by atoms with Gasteiger partial charge in [0.2, 0.25) is 0 Å². The van der Waals surface area contributed by atoms with Crippen LogP contribution in [0.1, 0.15) is 21.5 Å². The van der Waals surface area contributed by atoms with E-state index in [0.717, 1.165) is 0 Å². The van der Waals surface area contributed by atoms with E-state index in [2.05, 4.69) is 10.6 Å². The van der Waals surface area contributed by atoms with Crippen molar-refractivity contribution in [2.45, 2.75) is 23.6 Å². The zero-order chi connectivity index (χ0) is 27.4. The Hall–Kier alpha value is -3.36. The van der Waals surface area contributed by atoms with Gasteiger partial charge >= 0.3 is 6.03 Å². The quantitative estimate of drug-likeness (QED) is 0.238. The molecule has 0 heterocycles. The van der Waals surface area contributed by atoms with Crippen molar-refractivity contribution in [3.63, 3.8) is 0 Å². The third kappa shape index (κ3) is 6.37. The molecule has 0 saturated heterocycles. The van der Waals surface area contributed by atoms with Crippen molar-refractivity contribution in [3.05, 3.63) is 111 Å². The van der Waals surface area contributed by atoms with Gasteiger partial charge in [0.05, 0.1) is 31.3 Å². The van der Waals surface area contributed by atoms with Gasteiger partial charge in [-0.05, 0) is 86.1 Å². The lowest BCUT2D eigenvalue weighted by molar-refractivity contribution is 0.0967. The maximum absolute atomic E-state index is 13.2. The molecule has 0 aliphatic rings. The summed E-state index contributed by atoms with van der Waals surface area (Å²) in [5.74, 6) is 0.387. The van der Waals surface area contributed by atoms with Crippen molar-refractivity contribution in [1.29, 1.82) is 0 Å². The average molecular weight is 588 g/mol. The van der Waals surface area contributed by atoms with Crippen LogP contribution in [0.15, 0.2) is 88.7 Å². The minimum absolute atomic E-state index is 0.195. The summed E-state index contributed by atoms with van der Waals surface area (Å²) in [6.07, 6.45) is 0. The van der Waals surface area contributed by atoms with Gasteiger partial charge in [-0.15, -0.1) is 0 Å². The number of amides is 3. The van der Waals surface area contributed by atoms with E-state index in [1.165, 1.54) is 6.07 Å². The number of ether oxygens (including phenoxy) is 1. The van der Waals surface area contributed by atoms with Gasteiger partial charge in [-0.1, -0.05) is 46.9 Å². The predicted molar refractivity (Wildman–Crippen MR) is 152 cm³/mol. The van der Waals surface area contributed by atoms with Crippen molar-refractivity contribution < 1.29 is 18.5 Å². The summed E-state index contributed by atoms with van der Waals surface area (Å²) >= 11 is 18.6. The van der Waals surface area contributed by atoms with Crippen LogP contribution in [0.2, 0.25) is 15.1 Å². The topological polar surface area (TPSA) is 84.5 Å². The van der Waals surface area contributed by atoms with Crippen LogP contribution in [-0.4, -0.2) is 16.1 Å². The fourth-order valence-corrected chi connectivity index (χ4v) is 5.63. The number of aryl methyl sites for hydroxylation is 1. The van der Waals surface area contributed by atoms with Gasteiger partial charge in [0.25, 0.3) is 5.91 Å². The number of carbonyl (C=O) groups excluding carboxylic acids is 2. The molecular weight excluding hydrogens is 567 g/mol. The molecule has 0 aliphatic carbocycles. The maximum atomic E-state index is 13.2. The van der Waals surface area contributed by atoms with E-state index in [4.69, 9.17) is 39.5 Å². The van der Waals surface area contributed by atoms with E-state index in [1.807, 2.05) is 6.92 Å². The second-order valence-electron chi connectivity index (χ2n) is 8.20. The smallest absolute Gasteiger partial charge is 0.326 e. The highest BCUT2D eigenvalue weighted by atomic mass is 35.5. The van der Waals surface area contributed by atoms with Gasteiger partial charge < -0.3 is 10.1 Å². The van der Waals surface area contributed by atoms with Gasteiger partial charge in [0.1, 0.15) is 11.5 Å². The van der Waals surface area contributed by atoms with Crippen LogP contribution in [0.5, 0.6) is 11.5 Å². The van der Waals surface area contributed by atoms with Gasteiger partial charge in [0.15, 0.2) is 0 Å². The molecule has 194 valence electrons. The van der Waals surface area contributed by atoms with Crippen LogP contribution >= 0.6 is 34.8 Å². The maximum Gasteiger partial charge on any atom is 0.326 e. The largest absolute Gasteiger partial charge is 0.457 e. The van der Waals surface area contributed by atoms with Crippen LogP contribution in [0.25, 0.3) is 0 Å². The fraction of sp³-hybridized carbons (Fsp3) is 0.0714. The third-order valence-corrected chi connectivity index (χ3v) is 8.27. The molecule has 10 heteroatoms. The molecule has 4 aromatic rings. The first-order valence-electron chi connectivity index (χ1n) is 11.3. The summed E-state index contributed by atoms with van der Waals surface area (Å²) < 4.78 is 19.2. The van der Waals surface area contributed by atoms with E-state index < -0.39 is 22.7 Å². The number of hydrogen-bond donors (Lipinski definition) is 2. The first kappa shape index (κ1) is 27.7. The Labute approximate surface area is 237 Å². The molecule has 0 saturated carbocycles. The summed E-state index contributed by atoms with van der Waals surface area (Å²) in [4.78, 5) is 25.6. The predicted octanol–water partition coefficient (Wildman–Crippen LogP) is 8.18. The van der Waals surface area contributed by atoms with E-state index in [9.17, 15) is 13.8 Å². The van der Waals surface area contributed by atoms with Crippen molar-refractivity contribution in [3.8, 4) is 11.5 Å². The van der Waals surface area contributed by atoms with Crippen LogP contribution in [0.3, 0.4) is 0 Å². The number of hydrogen-bond acceptors (Lipinski definition) is 4. The zero-order valence-corrected chi connectivity index (χ0v) is 23.3. The Balaban J connectivity index is 1.44. The number of urea groups is 1. The molecule has 6 nitrogen and oxygen atoms in total. The SMILES string of the molecule is Cc1cc(Oc2ccc(NC(=O)NC(=O)c3ccccc3Cl)cc2)c(C)c(Cl)c1S(=O)c1ccc(Cl)cc1. The number of imide groups is 1. The van der Waals surface area contributed by atoms with E-state index in [0.29, 0.717) is 48.1 Å². The number of carbonyl (C=O) groups is 2. The summed E-state index contributed by atoms with van der Waals surface area (Å²) in [6.45, 7) is 3.60. The van der Waals surface area contributed by atoms with Gasteiger partial charge in [-0.2, -0.15) is 0 Å². The molecule has 4 rings (SSSR count). The number of anilines is 1. The normalized spacial score (nSPS) is 11.5. The molecule has 1 atom stereocenters. The Morgan fingerprint density at radius 3 is 2.18 bits per heavy atom. The summed E-state index contributed by atoms with van der Waals surface area (Å²) in [5.41, 5.74) is 1.98. The van der Waals surface area contributed by atoms with Crippen LogP contribution in [0.4, 0.5) is 10.5 Å². The Kier molecular flexibility index (Phi) is 8.74. The standard InChI is InChI=1S/C28H21Cl3N2O4S/c1-16-15-24(17(2)25(31)26(16)38(36)21-13-7-18(29)8-14-21)37-20-11-9-19(10-12-20)32-28(35)33-27(34)22-5-3-4-6-23(22)30/h3-15H,1-2H3,(H2,32,33,34,35). The van der Waals surface area contributed by atoms with Crippen LogP contribution in [-0.2, 0) is 10.8 Å². The highest BCUT2D eigenvalue weighted by molar-refractivity contribution is 7.85. The number of halogens is 3. The molecule has 3 amide bonds. The van der Waals surface area contributed by atoms with Gasteiger partial charge in [0, 0.05) is 21.2 Å². The van der Waals surface area contributed by atoms with E-state index in [1.54, 1.807) is 79.7 Å². The van der Waals surface area contributed by atoms with Crippen molar-refractivity contribution in [2.75, 3.05) is 5.32 Å². The van der Waals surface area contributed by atoms with Crippen LogP contribution < -0.4 is 15.4 Å². The van der Waals surface area contributed by atoms with E-state index in [-0.39, 0.29) is 10.6 Å². The monoisotopic (exact) mass is 586 g/mol. The van der Waals surface area contributed by atoms with Crippen LogP contribution in [0, 0.1) is 13.8 Å². The Bertz CT molecular complexity index is 1540. The molecule has 4 aromatic carbocycles. The molecule has 0 spiro atoms. The molecule has 0 bridgehead atoms. The molecule has 38 heavy (non-hydrogen) atoms. The molecule has 0 aliphatic heterocycles. The lowest BCUT2D eigenvalue weighted by Crippen LogP contribution is -2.34. The lowest BCUT2D eigenvalue weighted by atomic mass is 10.1. The molecule has 1 unspecified atom stereocenters. The van der Waals surface area contributed by atoms with E-state index >= 15 is 0 Å². The first-order valence-corrected chi connectivity index (χ1v) is 13.5. The zero-order valence-electron chi connectivity index (χ0n) is 20.2. The highest BCUT2D eigenvalue weighted by Gasteiger charge is 2.20. The summed E-state index contributed by atoms with van der Waals surface area (Å²) in [6, 6.07) is 20.9. The number of nitrogens with one attached hydrogen (secondary N) is 2. The highest BCUT2D eigenvalue weighted by Crippen LogP contribution is 2.38. The van der Waals surface area contributed by atoms with Crippen molar-refractivity contribution in [2.24, 2.45) is 0 Å². The summed E-state index contributed by atoms with van der Waals surface area (Å²) in [7, 11) is -1.49. The second kappa shape index (κ2) is 12.0. The number of benzene rings is 4. The lowest BCUT2D eigenvalue weighted by Gasteiger charge is -2.16. The van der Waals surface area contributed by atoms with Crippen molar-refractivity contribution in [1.82, 2.24) is 5.32 Å². The van der Waals surface area contributed by atoms with Gasteiger partial charge in [-0.25, -0.2) is 9.00 Å².